The van der Waals surface area contributed by atoms with Crippen LogP contribution >= 0.6 is 0 Å². The number of hydrogen-bond acceptors (Lipinski definition) is 2. The van der Waals surface area contributed by atoms with Crippen LogP contribution in [-0.4, -0.2) is 6.61 Å². The molecule has 2 nitrogen and oxygen atoms in total. The molecule has 0 bridgehead atoms. The minimum atomic E-state index is -0.423. The van der Waals surface area contributed by atoms with Gasteiger partial charge in [-0.15, -0.1) is 0 Å². The van der Waals surface area contributed by atoms with Gasteiger partial charge in [-0.05, 0) is 36.6 Å². The smallest absolute Gasteiger partial charge is 0.137 e. The molecule has 0 aliphatic rings. The molecule has 0 radical (unpaired) electrons. The van der Waals surface area contributed by atoms with E-state index in [4.69, 9.17) is 10.00 Å². The lowest BCUT2D eigenvalue weighted by Crippen LogP contribution is -2.01. The van der Waals surface area contributed by atoms with Crippen molar-refractivity contribution >= 4 is 0 Å². The second-order valence-electron chi connectivity index (χ2n) is 4.19. The van der Waals surface area contributed by atoms with Gasteiger partial charge in [-0.1, -0.05) is 30.3 Å². The highest BCUT2D eigenvalue weighted by atomic mass is 19.1. The van der Waals surface area contributed by atoms with Crippen LogP contribution in [0.15, 0.2) is 48.5 Å². The van der Waals surface area contributed by atoms with Gasteiger partial charge in [0.1, 0.15) is 17.6 Å². The first-order valence-electron chi connectivity index (χ1n) is 6.16. The lowest BCUT2D eigenvalue weighted by molar-refractivity contribution is 0.309. The summed E-state index contributed by atoms with van der Waals surface area (Å²) >= 11 is 0. The number of rotatable bonds is 5. The molecule has 96 valence electrons. The number of halogens is 1. The topological polar surface area (TPSA) is 33.0 Å². The first kappa shape index (κ1) is 13.1. The fourth-order valence-electron chi connectivity index (χ4n) is 1.82. The van der Waals surface area contributed by atoms with E-state index in [1.54, 1.807) is 0 Å². The molecule has 19 heavy (non-hydrogen) atoms. The Morgan fingerprint density at radius 2 is 1.89 bits per heavy atom. The first-order chi connectivity index (χ1) is 9.29. The van der Waals surface area contributed by atoms with Crippen molar-refractivity contribution in [2.24, 2.45) is 0 Å². The molecule has 0 saturated heterocycles. The third-order valence-electron chi connectivity index (χ3n) is 2.77. The van der Waals surface area contributed by atoms with E-state index in [9.17, 15) is 4.39 Å². The first-order valence-corrected chi connectivity index (χ1v) is 6.16. The van der Waals surface area contributed by atoms with E-state index in [2.05, 4.69) is 12.1 Å². The molecule has 2 aromatic carbocycles. The van der Waals surface area contributed by atoms with Gasteiger partial charge >= 0.3 is 0 Å². The van der Waals surface area contributed by atoms with Crippen LogP contribution < -0.4 is 4.74 Å². The summed E-state index contributed by atoms with van der Waals surface area (Å²) in [6, 6.07) is 16.0. The molecule has 2 aromatic rings. The van der Waals surface area contributed by atoms with Crippen LogP contribution in [0.5, 0.6) is 5.75 Å². The molecule has 0 N–H and O–H groups in total. The van der Waals surface area contributed by atoms with Gasteiger partial charge in [0, 0.05) is 0 Å². The Hall–Kier alpha value is -2.34. The predicted octanol–water partition coefficient (Wildman–Crippen LogP) is 3.71. The SMILES string of the molecule is N#Cc1cc(F)ccc1OCCCc1ccccc1. The molecule has 0 heterocycles. The average molecular weight is 255 g/mol. The van der Waals surface area contributed by atoms with Crippen LogP contribution in [-0.2, 0) is 6.42 Å². The van der Waals surface area contributed by atoms with Crippen molar-refractivity contribution in [3.8, 4) is 11.8 Å². The lowest BCUT2D eigenvalue weighted by atomic mass is 10.1. The van der Waals surface area contributed by atoms with E-state index >= 15 is 0 Å². The van der Waals surface area contributed by atoms with Crippen molar-refractivity contribution in [1.82, 2.24) is 0 Å². The van der Waals surface area contributed by atoms with Crippen molar-refractivity contribution in [3.63, 3.8) is 0 Å². The molecular weight excluding hydrogens is 241 g/mol. The Labute approximate surface area is 112 Å². The quantitative estimate of drug-likeness (QED) is 0.763. The number of aryl methyl sites for hydroxylation is 1. The Morgan fingerprint density at radius 1 is 1.11 bits per heavy atom. The minimum absolute atomic E-state index is 0.236. The summed E-state index contributed by atoms with van der Waals surface area (Å²) in [6.07, 6.45) is 1.77. The van der Waals surface area contributed by atoms with E-state index in [0.717, 1.165) is 12.8 Å². The van der Waals surface area contributed by atoms with Crippen molar-refractivity contribution < 1.29 is 9.13 Å². The minimum Gasteiger partial charge on any atom is -0.492 e. The summed E-state index contributed by atoms with van der Waals surface area (Å²) in [4.78, 5) is 0. The Kier molecular flexibility index (Phi) is 4.52. The second kappa shape index (κ2) is 6.55. The zero-order valence-corrected chi connectivity index (χ0v) is 10.5. The molecule has 0 amide bonds. The standard InChI is InChI=1S/C16H14FNO/c17-15-8-9-16(14(11-15)12-18)19-10-4-7-13-5-2-1-3-6-13/h1-3,5-6,8-9,11H,4,7,10H2. The van der Waals surface area contributed by atoms with Crippen molar-refractivity contribution in [2.45, 2.75) is 12.8 Å². The van der Waals surface area contributed by atoms with Crippen LogP contribution in [0.3, 0.4) is 0 Å². The molecule has 0 aliphatic carbocycles. The van der Waals surface area contributed by atoms with Gasteiger partial charge in [-0.25, -0.2) is 4.39 Å². The largest absolute Gasteiger partial charge is 0.492 e. The van der Waals surface area contributed by atoms with Gasteiger partial charge in [-0.2, -0.15) is 5.26 Å². The number of hydrogen-bond donors (Lipinski definition) is 0. The highest BCUT2D eigenvalue weighted by Gasteiger charge is 2.04. The van der Waals surface area contributed by atoms with Crippen molar-refractivity contribution in [3.05, 3.63) is 65.5 Å². The predicted molar refractivity (Wildman–Crippen MR) is 71.4 cm³/mol. The highest BCUT2D eigenvalue weighted by Crippen LogP contribution is 2.19. The number of ether oxygens (including phenoxy) is 1. The molecule has 0 aromatic heterocycles. The van der Waals surface area contributed by atoms with Gasteiger partial charge in [0.2, 0.25) is 0 Å². The van der Waals surface area contributed by atoms with E-state index in [1.807, 2.05) is 24.3 Å². The van der Waals surface area contributed by atoms with Crippen molar-refractivity contribution in [1.29, 1.82) is 5.26 Å². The molecule has 0 atom stereocenters. The average Bonchev–Trinajstić information content (AvgIpc) is 2.46. The summed E-state index contributed by atoms with van der Waals surface area (Å²) in [7, 11) is 0. The Morgan fingerprint density at radius 3 is 2.63 bits per heavy atom. The zero-order valence-electron chi connectivity index (χ0n) is 10.5. The number of nitrogens with zero attached hydrogens (tertiary/aromatic N) is 1. The zero-order chi connectivity index (χ0) is 13.5. The summed E-state index contributed by atoms with van der Waals surface area (Å²) in [5.41, 5.74) is 1.49. The monoisotopic (exact) mass is 255 g/mol. The van der Waals surface area contributed by atoms with E-state index in [0.29, 0.717) is 12.4 Å². The summed E-state index contributed by atoms with van der Waals surface area (Å²) in [6.45, 7) is 0.509. The lowest BCUT2D eigenvalue weighted by Gasteiger charge is -2.07. The fourth-order valence-corrected chi connectivity index (χ4v) is 1.82. The Balaban J connectivity index is 1.85. The molecule has 0 aliphatic heterocycles. The molecule has 0 saturated carbocycles. The highest BCUT2D eigenvalue weighted by molar-refractivity contribution is 5.42. The molecule has 2 rings (SSSR count). The maximum Gasteiger partial charge on any atom is 0.137 e. The molecular formula is C16H14FNO. The van der Waals surface area contributed by atoms with Gasteiger partial charge in [0.15, 0.2) is 0 Å². The van der Waals surface area contributed by atoms with Crippen LogP contribution in [0.4, 0.5) is 4.39 Å². The summed E-state index contributed by atoms with van der Waals surface area (Å²) in [5.74, 6) is 0.0187. The molecule has 0 spiro atoms. The number of benzene rings is 2. The van der Waals surface area contributed by atoms with Gasteiger partial charge in [-0.3, -0.25) is 0 Å². The van der Waals surface area contributed by atoms with Crippen LogP contribution in [0.2, 0.25) is 0 Å². The Bertz CT molecular complexity index is 575. The molecule has 0 unspecified atom stereocenters. The van der Waals surface area contributed by atoms with Gasteiger partial charge < -0.3 is 4.74 Å². The maximum absolute atomic E-state index is 12.9. The van der Waals surface area contributed by atoms with Gasteiger partial charge in [0.25, 0.3) is 0 Å². The van der Waals surface area contributed by atoms with Gasteiger partial charge in [0.05, 0.1) is 12.2 Å². The summed E-state index contributed by atoms with van der Waals surface area (Å²) < 4.78 is 18.5. The third kappa shape index (κ3) is 3.82. The third-order valence-corrected chi connectivity index (χ3v) is 2.77. The molecule has 3 heteroatoms. The fraction of sp³-hybridized carbons (Fsp3) is 0.188. The summed E-state index contributed by atoms with van der Waals surface area (Å²) in [5, 5.41) is 8.88. The van der Waals surface area contributed by atoms with Crippen molar-refractivity contribution in [2.75, 3.05) is 6.61 Å². The van der Waals surface area contributed by atoms with Crippen LogP contribution in [0.1, 0.15) is 17.5 Å². The number of nitriles is 1. The molecule has 0 fully saturated rings. The van der Waals surface area contributed by atoms with E-state index in [1.165, 1.54) is 23.8 Å². The normalized spacial score (nSPS) is 9.89. The van der Waals surface area contributed by atoms with E-state index < -0.39 is 5.82 Å². The van der Waals surface area contributed by atoms with Crippen LogP contribution in [0.25, 0.3) is 0 Å². The second-order valence-corrected chi connectivity index (χ2v) is 4.19. The van der Waals surface area contributed by atoms with Crippen LogP contribution in [0, 0.1) is 17.1 Å². The maximum atomic E-state index is 12.9. The van der Waals surface area contributed by atoms with E-state index in [-0.39, 0.29) is 5.56 Å².